The molecule has 1 aliphatic heterocycles. The van der Waals surface area contributed by atoms with E-state index in [4.69, 9.17) is 20.2 Å². The quantitative estimate of drug-likeness (QED) is 0.220. The number of anilines is 2. The van der Waals surface area contributed by atoms with Gasteiger partial charge in [0.05, 0.1) is 30.0 Å². The van der Waals surface area contributed by atoms with Crippen LogP contribution < -0.4 is 15.4 Å². The summed E-state index contributed by atoms with van der Waals surface area (Å²) < 4.78 is 14.3. The summed E-state index contributed by atoms with van der Waals surface area (Å²) in [5.41, 5.74) is 11.9. The Hall–Kier alpha value is -3.69. The molecule has 1 fully saturated rings. The largest absolute Gasteiger partial charge is 0.494 e. The van der Waals surface area contributed by atoms with Gasteiger partial charge in [-0.25, -0.2) is 9.67 Å². The van der Waals surface area contributed by atoms with Crippen LogP contribution in [-0.2, 0) is 4.74 Å². The molecule has 3 aromatic heterocycles. The number of aromatic nitrogens is 3. The molecule has 1 aliphatic rings. The van der Waals surface area contributed by atoms with Crippen molar-refractivity contribution in [3.63, 3.8) is 0 Å². The topological polar surface area (TPSA) is 90.8 Å². The lowest BCUT2D eigenvalue weighted by Crippen LogP contribution is -2.36. The number of rotatable bonds is 9. The SMILES string of the molecule is C=C(C)c1c(N=C(C)CCCOc2ccc(N3CCOCC3)cc2)c(N)nc2cc(-n3cccn3)sc12. The summed E-state index contributed by atoms with van der Waals surface area (Å²) in [6.45, 7) is 12.2. The van der Waals surface area contributed by atoms with Gasteiger partial charge in [-0.15, -0.1) is 11.3 Å². The molecule has 0 unspecified atom stereocenters. The van der Waals surface area contributed by atoms with Gasteiger partial charge in [0.15, 0.2) is 5.82 Å². The monoisotopic (exact) mass is 516 g/mol. The third kappa shape index (κ3) is 5.68. The molecular formula is C28H32N6O2S. The average molecular weight is 517 g/mol. The van der Waals surface area contributed by atoms with E-state index in [2.05, 4.69) is 33.7 Å². The second kappa shape index (κ2) is 11.1. The fourth-order valence-corrected chi connectivity index (χ4v) is 5.57. The van der Waals surface area contributed by atoms with Crippen LogP contribution in [0, 0.1) is 0 Å². The van der Waals surface area contributed by atoms with Crippen LogP contribution in [0.4, 0.5) is 17.2 Å². The summed E-state index contributed by atoms with van der Waals surface area (Å²) >= 11 is 1.61. The van der Waals surface area contributed by atoms with Crippen LogP contribution in [0.5, 0.6) is 5.75 Å². The molecule has 9 heteroatoms. The number of morpholine rings is 1. The van der Waals surface area contributed by atoms with Gasteiger partial charge in [0.2, 0.25) is 0 Å². The molecule has 0 atom stereocenters. The standard InChI is InChI=1S/C28H32N6O2S/c1-19(2)25-26(28(29)32-23-18-24(37-27(23)25)34-12-5-11-30-34)31-20(3)6-4-15-36-22-9-7-21(8-10-22)33-13-16-35-17-14-33/h5,7-12,18H,1,4,6,13-17H2,2-3H3,(H2,29,32). The van der Waals surface area contributed by atoms with Gasteiger partial charge >= 0.3 is 0 Å². The van der Waals surface area contributed by atoms with Crippen molar-refractivity contribution in [1.29, 1.82) is 0 Å². The van der Waals surface area contributed by atoms with E-state index in [1.165, 1.54) is 5.69 Å². The highest BCUT2D eigenvalue weighted by Crippen LogP contribution is 2.41. The van der Waals surface area contributed by atoms with Crippen LogP contribution >= 0.6 is 11.3 Å². The first kappa shape index (κ1) is 25.0. The molecule has 0 aliphatic carbocycles. The van der Waals surface area contributed by atoms with Crippen molar-refractivity contribution in [2.24, 2.45) is 4.99 Å². The summed E-state index contributed by atoms with van der Waals surface area (Å²) in [7, 11) is 0. The van der Waals surface area contributed by atoms with E-state index in [1.807, 2.05) is 49.0 Å². The van der Waals surface area contributed by atoms with Gasteiger partial charge in [-0.2, -0.15) is 5.10 Å². The second-order valence-corrected chi connectivity index (χ2v) is 10.2. The Bertz CT molecular complexity index is 1400. The molecule has 1 saturated heterocycles. The van der Waals surface area contributed by atoms with Crippen molar-refractivity contribution >= 4 is 50.0 Å². The molecule has 0 amide bonds. The summed E-state index contributed by atoms with van der Waals surface area (Å²) in [6.07, 6.45) is 5.32. The number of ether oxygens (including phenoxy) is 2. The fourth-order valence-electron chi connectivity index (χ4n) is 4.41. The van der Waals surface area contributed by atoms with Crippen molar-refractivity contribution < 1.29 is 9.47 Å². The van der Waals surface area contributed by atoms with Gasteiger partial charge in [-0.1, -0.05) is 6.58 Å². The maximum atomic E-state index is 6.39. The smallest absolute Gasteiger partial charge is 0.150 e. The van der Waals surface area contributed by atoms with Gasteiger partial charge in [0.25, 0.3) is 0 Å². The van der Waals surface area contributed by atoms with E-state index >= 15 is 0 Å². The van der Waals surface area contributed by atoms with E-state index in [0.717, 1.165) is 77.0 Å². The lowest BCUT2D eigenvalue weighted by molar-refractivity contribution is 0.122. The number of aliphatic imine (C=N–C) groups is 1. The Morgan fingerprint density at radius 3 is 2.70 bits per heavy atom. The normalized spacial score (nSPS) is 14.3. The Morgan fingerprint density at radius 1 is 1.22 bits per heavy atom. The first-order chi connectivity index (χ1) is 18.0. The van der Waals surface area contributed by atoms with Crippen molar-refractivity contribution in [2.75, 3.05) is 43.5 Å². The molecule has 0 spiro atoms. The minimum Gasteiger partial charge on any atom is -0.494 e. The minimum atomic E-state index is 0.409. The minimum absolute atomic E-state index is 0.409. The van der Waals surface area contributed by atoms with Gasteiger partial charge in [-0.05, 0) is 62.6 Å². The van der Waals surface area contributed by atoms with Crippen molar-refractivity contribution in [3.8, 4) is 10.8 Å². The lowest BCUT2D eigenvalue weighted by atomic mass is 10.1. The van der Waals surface area contributed by atoms with E-state index in [1.54, 1.807) is 17.5 Å². The van der Waals surface area contributed by atoms with E-state index in [9.17, 15) is 0 Å². The van der Waals surface area contributed by atoms with Gasteiger partial charge < -0.3 is 20.1 Å². The molecule has 5 rings (SSSR count). The maximum Gasteiger partial charge on any atom is 0.150 e. The average Bonchev–Trinajstić information content (AvgIpc) is 3.58. The first-order valence-electron chi connectivity index (χ1n) is 12.5. The molecule has 0 saturated carbocycles. The lowest BCUT2D eigenvalue weighted by Gasteiger charge is -2.28. The molecule has 192 valence electrons. The molecule has 4 aromatic rings. The first-order valence-corrected chi connectivity index (χ1v) is 13.3. The zero-order valence-corrected chi connectivity index (χ0v) is 22.1. The van der Waals surface area contributed by atoms with Crippen molar-refractivity contribution in [2.45, 2.75) is 26.7 Å². The highest BCUT2D eigenvalue weighted by atomic mass is 32.1. The molecule has 8 nitrogen and oxygen atoms in total. The second-order valence-electron chi connectivity index (χ2n) is 9.14. The number of nitrogens with zero attached hydrogens (tertiary/aromatic N) is 5. The highest BCUT2D eigenvalue weighted by molar-refractivity contribution is 7.21. The number of allylic oxidation sites excluding steroid dienone is 1. The Labute approximate surface area is 221 Å². The Balaban J connectivity index is 1.24. The fraction of sp³-hybridized carbons (Fsp3) is 0.321. The number of thiophene rings is 1. The van der Waals surface area contributed by atoms with E-state index in [0.29, 0.717) is 18.1 Å². The predicted octanol–water partition coefficient (Wildman–Crippen LogP) is 5.89. The molecule has 4 heterocycles. The summed E-state index contributed by atoms with van der Waals surface area (Å²) in [6, 6.07) is 12.2. The number of fused-ring (bicyclic) bond motifs is 1. The van der Waals surface area contributed by atoms with Gasteiger partial charge in [0, 0.05) is 48.5 Å². The zero-order valence-electron chi connectivity index (χ0n) is 21.3. The number of pyridine rings is 1. The van der Waals surface area contributed by atoms with Crippen molar-refractivity contribution in [3.05, 3.63) is 60.9 Å². The van der Waals surface area contributed by atoms with Crippen LogP contribution in [-0.4, -0.2) is 53.4 Å². The third-order valence-corrected chi connectivity index (χ3v) is 7.40. The van der Waals surface area contributed by atoms with Crippen LogP contribution in [0.2, 0.25) is 0 Å². The summed E-state index contributed by atoms with van der Waals surface area (Å²) in [5.74, 6) is 1.28. The molecule has 1 aromatic carbocycles. The van der Waals surface area contributed by atoms with E-state index < -0.39 is 0 Å². The summed E-state index contributed by atoms with van der Waals surface area (Å²) in [4.78, 5) is 11.9. The van der Waals surface area contributed by atoms with Gasteiger partial charge in [0.1, 0.15) is 16.4 Å². The zero-order chi connectivity index (χ0) is 25.8. The molecule has 37 heavy (non-hydrogen) atoms. The van der Waals surface area contributed by atoms with Crippen molar-refractivity contribution in [1.82, 2.24) is 14.8 Å². The predicted molar refractivity (Wildman–Crippen MR) is 153 cm³/mol. The number of nitrogen functional groups attached to an aromatic ring is 1. The van der Waals surface area contributed by atoms with E-state index in [-0.39, 0.29) is 0 Å². The van der Waals surface area contributed by atoms with Crippen LogP contribution in [0.25, 0.3) is 20.8 Å². The maximum absolute atomic E-state index is 6.39. The number of hydrogen-bond acceptors (Lipinski definition) is 8. The van der Waals surface area contributed by atoms with Crippen LogP contribution in [0.1, 0.15) is 32.3 Å². The molecule has 0 bridgehead atoms. The molecule has 2 N–H and O–H groups in total. The van der Waals surface area contributed by atoms with Gasteiger partial charge in [-0.3, -0.25) is 4.99 Å². The van der Waals surface area contributed by atoms with Crippen LogP contribution in [0.15, 0.2) is 60.4 Å². The highest BCUT2D eigenvalue weighted by Gasteiger charge is 2.18. The van der Waals surface area contributed by atoms with Crippen LogP contribution in [0.3, 0.4) is 0 Å². The molecule has 0 radical (unpaired) electrons. The Morgan fingerprint density at radius 2 is 2.00 bits per heavy atom. The Kier molecular flexibility index (Phi) is 7.52. The number of nitrogens with two attached hydrogens (primary N) is 1. The number of hydrogen-bond donors (Lipinski definition) is 1. The number of benzene rings is 1. The summed E-state index contributed by atoms with van der Waals surface area (Å²) in [5, 5.41) is 5.31. The third-order valence-electron chi connectivity index (χ3n) is 6.27. The molecular weight excluding hydrogens is 484 g/mol.